The zero-order chi connectivity index (χ0) is 16.5. The van der Waals surface area contributed by atoms with Crippen LogP contribution in [0.3, 0.4) is 0 Å². The van der Waals surface area contributed by atoms with E-state index in [-0.39, 0.29) is 6.04 Å². The highest BCUT2D eigenvalue weighted by atomic mass is 16.5. The summed E-state index contributed by atoms with van der Waals surface area (Å²) in [6.07, 6.45) is 3.20. The van der Waals surface area contributed by atoms with Crippen LogP contribution in [0.2, 0.25) is 0 Å². The van der Waals surface area contributed by atoms with Crippen molar-refractivity contribution in [3.05, 3.63) is 83.2 Å². The van der Waals surface area contributed by atoms with Gasteiger partial charge in [-0.15, -0.1) is 0 Å². The zero-order valence-electron chi connectivity index (χ0n) is 14.1. The summed E-state index contributed by atoms with van der Waals surface area (Å²) in [4.78, 5) is 0. The Kier molecular flexibility index (Phi) is 3.87. The largest absolute Gasteiger partial charge is 0.496 e. The molecule has 0 bridgehead atoms. The van der Waals surface area contributed by atoms with Gasteiger partial charge < -0.3 is 14.6 Å². The van der Waals surface area contributed by atoms with Gasteiger partial charge in [0, 0.05) is 24.0 Å². The van der Waals surface area contributed by atoms with Gasteiger partial charge in [0.2, 0.25) is 0 Å². The number of methoxy groups -OCH3 is 1. The molecule has 3 nitrogen and oxygen atoms in total. The van der Waals surface area contributed by atoms with Crippen LogP contribution in [0.5, 0.6) is 5.75 Å². The molecule has 0 spiro atoms. The van der Waals surface area contributed by atoms with Crippen molar-refractivity contribution in [3.8, 4) is 11.4 Å². The molecule has 2 heterocycles. The molecular formula is C21H22N2O. The highest BCUT2D eigenvalue weighted by Gasteiger charge is 2.24. The van der Waals surface area contributed by atoms with Crippen LogP contribution in [-0.4, -0.2) is 11.7 Å². The van der Waals surface area contributed by atoms with E-state index in [0.29, 0.717) is 0 Å². The smallest absolute Gasteiger partial charge is 0.125 e. The van der Waals surface area contributed by atoms with Gasteiger partial charge in [0.25, 0.3) is 0 Å². The van der Waals surface area contributed by atoms with Gasteiger partial charge in [-0.3, -0.25) is 0 Å². The molecule has 1 aliphatic heterocycles. The molecule has 0 radical (unpaired) electrons. The van der Waals surface area contributed by atoms with E-state index in [1.807, 2.05) is 6.07 Å². The number of nitrogens with zero attached hydrogens (tertiary/aromatic N) is 1. The van der Waals surface area contributed by atoms with E-state index in [1.54, 1.807) is 7.11 Å². The fourth-order valence-electron chi connectivity index (χ4n) is 3.54. The summed E-state index contributed by atoms with van der Waals surface area (Å²) in [6, 6.07) is 19.6. The monoisotopic (exact) mass is 318 g/mol. The van der Waals surface area contributed by atoms with Gasteiger partial charge in [-0.25, -0.2) is 0 Å². The van der Waals surface area contributed by atoms with Crippen LogP contribution in [0.1, 0.15) is 35.3 Å². The highest BCUT2D eigenvalue weighted by Crippen LogP contribution is 2.34. The Hall–Kier alpha value is -2.52. The van der Waals surface area contributed by atoms with Gasteiger partial charge >= 0.3 is 0 Å². The van der Waals surface area contributed by atoms with Crippen molar-refractivity contribution >= 4 is 0 Å². The van der Waals surface area contributed by atoms with Gasteiger partial charge in [-0.1, -0.05) is 37.3 Å². The lowest BCUT2D eigenvalue weighted by atomic mass is 10.0. The first kappa shape index (κ1) is 15.0. The fourth-order valence-corrected chi connectivity index (χ4v) is 3.54. The molecule has 122 valence electrons. The summed E-state index contributed by atoms with van der Waals surface area (Å²) in [7, 11) is 1.73. The molecular weight excluding hydrogens is 296 g/mol. The number of hydrogen-bond acceptors (Lipinski definition) is 2. The first-order chi connectivity index (χ1) is 11.8. The molecule has 0 unspecified atom stereocenters. The normalized spacial score (nSPS) is 16.2. The minimum atomic E-state index is 0.169. The van der Waals surface area contributed by atoms with E-state index in [2.05, 4.69) is 71.5 Å². The van der Waals surface area contributed by atoms with Crippen LogP contribution < -0.4 is 10.1 Å². The number of benzene rings is 2. The standard InChI is InChI=1S/C21H22N2O/c1-3-15-9-11-16(12-10-15)21-19-7-5-13-23(19)18-6-4-8-20(24-2)17(18)14-22-21/h4-13,21-22H,3,14H2,1-2H3/t21-/m0/s1. The summed E-state index contributed by atoms with van der Waals surface area (Å²) in [6.45, 7) is 2.97. The van der Waals surface area contributed by atoms with Gasteiger partial charge in [0.05, 0.1) is 18.8 Å². The number of hydrogen-bond donors (Lipinski definition) is 1. The van der Waals surface area contributed by atoms with Gasteiger partial charge in [0.15, 0.2) is 0 Å². The molecule has 0 amide bonds. The summed E-state index contributed by atoms with van der Waals surface area (Å²) in [5.41, 5.74) is 6.30. The zero-order valence-corrected chi connectivity index (χ0v) is 14.1. The molecule has 0 saturated carbocycles. The molecule has 1 atom stereocenters. The number of ether oxygens (including phenoxy) is 1. The van der Waals surface area contributed by atoms with E-state index < -0.39 is 0 Å². The Labute approximate surface area is 142 Å². The first-order valence-electron chi connectivity index (χ1n) is 8.47. The van der Waals surface area contributed by atoms with Gasteiger partial charge in [0.1, 0.15) is 5.75 Å². The van der Waals surface area contributed by atoms with Crippen LogP contribution in [0.15, 0.2) is 60.8 Å². The van der Waals surface area contributed by atoms with Crippen molar-refractivity contribution < 1.29 is 4.74 Å². The second-order valence-electron chi connectivity index (χ2n) is 6.17. The molecule has 0 fully saturated rings. The average Bonchev–Trinajstić information content (AvgIpc) is 3.06. The topological polar surface area (TPSA) is 26.2 Å². The molecule has 0 aliphatic carbocycles. The summed E-state index contributed by atoms with van der Waals surface area (Å²) >= 11 is 0. The van der Waals surface area contributed by atoms with Gasteiger partial charge in [-0.05, 0) is 41.8 Å². The lowest BCUT2D eigenvalue weighted by molar-refractivity contribution is 0.407. The van der Waals surface area contributed by atoms with Crippen molar-refractivity contribution in [3.63, 3.8) is 0 Å². The van der Waals surface area contributed by atoms with Crippen LogP contribution in [0.4, 0.5) is 0 Å². The summed E-state index contributed by atoms with van der Waals surface area (Å²) in [5, 5.41) is 3.71. The maximum atomic E-state index is 5.58. The quantitative estimate of drug-likeness (QED) is 0.782. The number of nitrogens with one attached hydrogen (secondary N) is 1. The van der Waals surface area contributed by atoms with E-state index in [0.717, 1.165) is 18.7 Å². The lowest BCUT2D eigenvalue weighted by Gasteiger charge is -2.18. The Morgan fingerprint density at radius 3 is 2.67 bits per heavy atom. The third kappa shape index (κ3) is 2.42. The van der Waals surface area contributed by atoms with E-state index in [4.69, 9.17) is 4.74 Å². The Morgan fingerprint density at radius 1 is 1.08 bits per heavy atom. The number of aryl methyl sites for hydroxylation is 1. The fraction of sp³-hybridized carbons (Fsp3) is 0.238. The van der Waals surface area contributed by atoms with Crippen molar-refractivity contribution in [2.24, 2.45) is 0 Å². The average molecular weight is 318 g/mol. The van der Waals surface area contributed by atoms with Gasteiger partial charge in [-0.2, -0.15) is 0 Å². The highest BCUT2D eigenvalue weighted by molar-refractivity contribution is 5.53. The van der Waals surface area contributed by atoms with E-state index in [9.17, 15) is 0 Å². The molecule has 1 aromatic heterocycles. The molecule has 4 rings (SSSR count). The number of fused-ring (bicyclic) bond motifs is 3. The third-order valence-corrected chi connectivity index (χ3v) is 4.87. The molecule has 0 saturated heterocycles. The van der Waals surface area contributed by atoms with Crippen LogP contribution in [0, 0.1) is 0 Å². The van der Waals surface area contributed by atoms with Crippen molar-refractivity contribution in [2.45, 2.75) is 25.9 Å². The van der Waals surface area contributed by atoms with Crippen molar-refractivity contribution in [2.75, 3.05) is 7.11 Å². The molecule has 3 aromatic rings. The Balaban J connectivity index is 1.81. The molecule has 3 heteroatoms. The third-order valence-electron chi connectivity index (χ3n) is 4.87. The minimum absolute atomic E-state index is 0.169. The Bertz CT molecular complexity index is 849. The maximum Gasteiger partial charge on any atom is 0.125 e. The predicted octanol–water partition coefficient (Wildman–Crippen LogP) is 4.24. The van der Waals surface area contributed by atoms with Crippen molar-refractivity contribution in [1.29, 1.82) is 0 Å². The summed E-state index contributed by atoms with van der Waals surface area (Å²) < 4.78 is 7.85. The van der Waals surface area contributed by atoms with E-state index >= 15 is 0 Å². The second kappa shape index (κ2) is 6.17. The maximum absolute atomic E-state index is 5.58. The molecule has 2 aromatic carbocycles. The van der Waals surface area contributed by atoms with Crippen molar-refractivity contribution in [1.82, 2.24) is 9.88 Å². The predicted molar refractivity (Wildman–Crippen MR) is 96.8 cm³/mol. The second-order valence-corrected chi connectivity index (χ2v) is 6.17. The minimum Gasteiger partial charge on any atom is -0.496 e. The number of rotatable bonds is 3. The van der Waals surface area contributed by atoms with Crippen LogP contribution in [-0.2, 0) is 13.0 Å². The first-order valence-corrected chi connectivity index (χ1v) is 8.47. The van der Waals surface area contributed by atoms with Crippen LogP contribution in [0.25, 0.3) is 5.69 Å². The van der Waals surface area contributed by atoms with E-state index in [1.165, 1.54) is 28.1 Å². The number of aromatic nitrogens is 1. The lowest BCUT2D eigenvalue weighted by Crippen LogP contribution is -2.21. The SMILES string of the molecule is CCc1ccc([C@@H]2NCc3c(OC)cccc3-n3cccc32)cc1. The summed E-state index contributed by atoms with van der Waals surface area (Å²) in [5.74, 6) is 0.932. The molecule has 1 N–H and O–H groups in total. The Morgan fingerprint density at radius 2 is 1.92 bits per heavy atom. The molecule has 24 heavy (non-hydrogen) atoms. The molecule has 1 aliphatic rings. The van der Waals surface area contributed by atoms with Crippen LogP contribution >= 0.6 is 0 Å².